The summed E-state index contributed by atoms with van der Waals surface area (Å²) < 4.78 is 22.7. The molecule has 1 aliphatic rings. The molecule has 1 aromatic carbocycles. The number of rotatable bonds is 7. The summed E-state index contributed by atoms with van der Waals surface area (Å²) in [7, 11) is -3.13. The Hall–Kier alpha value is -1.55. The zero-order valence-corrected chi connectivity index (χ0v) is 12.8. The fraction of sp³-hybridized carbons (Fsp3) is 0.538. The van der Waals surface area contributed by atoms with Gasteiger partial charge in [0, 0.05) is 37.8 Å². The van der Waals surface area contributed by atoms with Crippen LogP contribution in [0.15, 0.2) is 24.3 Å². The van der Waals surface area contributed by atoms with Crippen LogP contribution in [0.4, 0.5) is 5.69 Å². The number of nitro benzene ring substituents is 1. The first-order valence-corrected chi connectivity index (χ1v) is 8.75. The molecular formula is C13H19N3O5S. The van der Waals surface area contributed by atoms with Crippen LogP contribution in [-0.2, 0) is 16.4 Å². The summed E-state index contributed by atoms with van der Waals surface area (Å²) in [5.74, 6) is -0.211. The summed E-state index contributed by atoms with van der Waals surface area (Å²) in [4.78, 5) is 10.1. The SMILES string of the molecule is O=[N+]([O-])c1ccc(CNCCN[C@@H]2CS(=O)(=O)C[C@@H]2O)cc1. The minimum atomic E-state index is -3.13. The van der Waals surface area contributed by atoms with Gasteiger partial charge >= 0.3 is 0 Å². The number of non-ortho nitro benzene ring substituents is 1. The van der Waals surface area contributed by atoms with E-state index in [1.54, 1.807) is 12.1 Å². The van der Waals surface area contributed by atoms with Crippen molar-refractivity contribution in [1.82, 2.24) is 10.6 Å². The Morgan fingerprint density at radius 3 is 2.45 bits per heavy atom. The van der Waals surface area contributed by atoms with Gasteiger partial charge in [0.2, 0.25) is 0 Å². The first-order chi connectivity index (χ1) is 10.4. The van der Waals surface area contributed by atoms with Gasteiger partial charge in [-0.15, -0.1) is 0 Å². The molecule has 8 nitrogen and oxygen atoms in total. The molecule has 1 aromatic rings. The molecule has 2 rings (SSSR count). The first-order valence-electron chi connectivity index (χ1n) is 6.93. The molecule has 3 N–H and O–H groups in total. The highest BCUT2D eigenvalue weighted by atomic mass is 32.2. The van der Waals surface area contributed by atoms with Crippen molar-refractivity contribution in [2.24, 2.45) is 0 Å². The fourth-order valence-electron chi connectivity index (χ4n) is 2.34. The maximum atomic E-state index is 11.3. The number of aliphatic hydroxyl groups excluding tert-OH is 1. The second kappa shape index (κ2) is 7.14. The number of sulfone groups is 1. The molecule has 122 valence electrons. The molecule has 0 unspecified atom stereocenters. The van der Waals surface area contributed by atoms with Crippen molar-refractivity contribution in [3.05, 3.63) is 39.9 Å². The number of aliphatic hydroxyl groups is 1. The van der Waals surface area contributed by atoms with E-state index in [4.69, 9.17) is 0 Å². The molecule has 0 bridgehead atoms. The number of nitrogens with zero attached hydrogens (tertiary/aromatic N) is 1. The van der Waals surface area contributed by atoms with Crippen LogP contribution in [0.5, 0.6) is 0 Å². The van der Waals surface area contributed by atoms with Gasteiger partial charge in [-0.25, -0.2) is 8.42 Å². The molecule has 1 aliphatic heterocycles. The Kier molecular flexibility index (Phi) is 5.46. The highest BCUT2D eigenvalue weighted by Gasteiger charge is 2.35. The summed E-state index contributed by atoms with van der Waals surface area (Å²) in [5.41, 5.74) is 0.982. The van der Waals surface area contributed by atoms with Gasteiger partial charge in [-0.2, -0.15) is 0 Å². The summed E-state index contributed by atoms with van der Waals surface area (Å²) in [5, 5.41) is 26.3. The van der Waals surface area contributed by atoms with Gasteiger partial charge in [-0.05, 0) is 5.56 Å². The molecule has 0 spiro atoms. The Bertz CT molecular complexity index is 617. The summed E-state index contributed by atoms with van der Waals surface area (Å²) >= 11 is 0. The predicted octanol–water partition coefficient (Wildman–Crippen LogP) is -0.568. The maximum Gasteiger partial charge on any atom is 0.269 e. The second-order valence-corrected chi connectivity index (χ2v) is 7.46. The van der Waals surface area contributed by atoms with E-state index in [9.17, 15) is 23.6 Å². The second-order valence-electron chi connectivity index (χ2n) is 5.31. The quantitative estimate of drug-likeness (QED) is 0.348. The van der Waals surface area contributed by atoms with Crippen LogP contribution >= 0.6 is 0 Å². The number of nitrogens with one attached hydrogen (secondary N) is 2. The molecule has 22 heavy (non-hydrogen) atoms. The molecule has 0 aromatic heterocycles. The van der Waals surface area contributed by atoms with Gasteiger partial charge in [-0.3, -0.25) is 10.1 Å². The van der Waals surface area contributed by atoms with Crippen molar-refractivity contribution in [2.45, 2.75) is 18.7 Å². The van der Waals surface area contributed by atoms with Gasteiger partial charge in [-0.1, -0.05) is 12.1 Å². The van der Waals surface area contributed by atoms with Crippen LogP contribution in [0.3, 0.4) is 0 Å². The van der Waals surface area contributed by atoms with E-state index in [2.05, 4.69) is 10.6 Å². The van der Waals surface area contributed by atoms with Crippen LogP contribution in [0.25, 0.3) is 0 Å². The highest BCUT2D eigenvalue weighted by molar-refractivity contribution is 7.91. The average molecular weight is 329 g/mol. The number of benzene rings is 1. The minimum Gasteiger partial charge on any atom is -0.390 e. The lowest BCUT2D eigenvalue weighted by atomic mass is 10.2. The molecule has 1 fully saturated rings. The van der Waals surface area contributed by atoms with Crippen molar-refractivity contribution < 1.29 is 18.4 Å². The molecule has 0 saturated carbocycles. The molecule has 1 saturated heterocycles. The van der Waals surface area contributed by atoms with Crippen LogP contribution in [0.2, 0.25) is 0 Å². The average Bonchev–Trinajstić information content (AvgIpc) is 2.71. The van der Waals surface area contributed by atoms with Crippen molar-refractivity contribution in [3.8, 4) is 0 Å². The largest absolute Gasteiger partial charge is 0.390 e. The Balaban J connectivity index is 1.66. The van der Waals surface area contributed by atoms with E-state index in [1.807, 2.05) is 0 Å². The van der Waals surface area contributed by atoms with Gasteiger partial charge in [0.25, 0.3) is 5.69 Å². The lowest BCUT2D eigenvalue weighted by Gasteiger charge is -2.15. The van der Waals surface area contributed by atoms with Crippen LogP contribution < -0.4 is 10.6 Å². The summed E-state index contributed by atoms with van der Waals surface area (Å²) in [6.07, 6.45) is -0.848. The van der Waals surface area contributed by atoms with Crippen molar-refractivity contribution in [3.63, 3.8) is 0 Å². The third kappa shape index (κ3) is 4.73. The van der Waals surface area contributed by atoms with E-state index in [1.165, 1.54) is 12.1 Å². The van der Waals surface area contributed by atoms with Gasteiger partial charge in [0.05, 0.1) is 22.5 Å². The zero-order chi connectivity index (χ0) is 16.2. The molecule has 1 heterocycles. The topological polar surface area (TPSA) is 122 Å². The van der Waals surface area contributed by atoms with Gasteiger partial charge in [0.15, 0.2) is 9.84 Å². The lowest BCUT2D eigenvalue weighted by Crippen LogP contribution is -2.42. The van der Waals surface area contributed by atoms with Crippen molar-refractivity contribution >= 4 is 15.5 Å². The highest BCUT2D eigenvalue weighted by Crippen LogP contribution is 2.12. The van der Waals surface area contributed by atoms with Crippen molar-refractivity contribution in [2.75, 3.05) is 24.6 Å². The normalized spacial score (nSPS) is 23.5. The predicted molar refractivity (Wildman–Crippen MR) is 81.3 cm³/mol. The minimum absolute atomic E-state index is 0.0312. The Morgan fingerprint density at radius 2 is 1.91 bits per heavy atom. The molecule has 0 aliphatic carbocycles. The Labute approximate surface area is 128 Å². The number of hydrogen-bond donors (Lipinski definition) is 3. The molecule has 2 atom stereocenters. The zero-order valence-electron chi connectivity index (χ0n) is 11.9. The monoisotopic (exact) mass is 329 g/mol. The summed E-state index contributed by atoms with van der Waals surface area (Å²) in [6.45, 7) is 1.69. The molecule has 0 amide bonds. The van der Waals surface area contributed by atoms with Crippen LogP contribution in [-0.4, -0.2) is 55.2 Å². The van der Waals surface area contributed by atoms with Gasteiger partial charge in [0.1, 0.15) is 0 Å². The number of hydrogen-bond acceptors (Lipinski definition) is 7. The standard InChI is InChI=1S/C13H19N3O5S/c17-13-9-22(20,21)8-12(13)15-6-5-14-7-10-1-3-11(4-2-10)16(18)19/h1-4,12-15,17H,5-9H2/t12-,13+/m1/s1. The molecule has 0 radical (unpaired) electrons. The Morgan fingerprint density at radius 1 is 1.23 bits per heavy atom. The third-order valence-corrected chi connectivity index (χ3v) is 5.22. The maximum absolute atomic E-state index is 11.3. The van der Waals surface area contributed by atoms with Crippen LogP contribution in [0.1, 0.15) is 5.56 Å². The van der Waals surface area contributed by atoms with Crippen LogP contribution in [0, 0.1) is 10.1 Å². The van der Waals surface area contributed by atoms with E-state index >= 15 is 0 Å². The number of nitro groups is 1. The van der Waals surface area contributed by atoms with E-state index in [0.717, 1.165) is 5.56 Å². The lowest BCUT2D eigenvalue weighted by molar-refractivity contribution is -0.384. The third-order valence-electron chi connectivity index (χ3n) is 3.51. The van der Waals surface area contributed by atoms with E-state index in [-0.39, 0.29) is 17.2 Å². The molecular weight excluding hydrogens is 310 g/mol. The van der Waals surface area contributed by atoms with E-state index in [0.29, 0.717) is 19.6 Å². The van der Waals surface area contributed by atoms with Gasteiger partial charge < -0.3 is 15.7 Å². The smallest absolute Gasteiger partial charge is 0.269 e. The van der Waals surface area contributed by atoms with E-state index < -0.39 is 26.9 Å². The molecule has 9 heteroatoms. The summed E-state index contributed by atoms with van der Waals surface area (Å²) in [6, 6.07) is 5.87. The first kappa shape index (κ1) is 16.8. The van der Waals surface area contributed by atoms with Crippen molar-refractivity contribution in [1.29, 1.82) is 0 Å². The fourth-order valence-corrected chi connectivity index (χ4v) is 4.11.